The number of aliphatic carboxylic acids is 2. The molecule has 0 unspecified atom stereocenters. The molecule has 0 fully saturated rings. The molecule has 0 rings (SSSR count). The van der Waals surface area contributed by atoms with Gasteiger partial charge in [-0.25, -0.2) is 9.59 Å². The van der Waals surface area contributed by atoms with Crippen molar-refractivity contribution in [2.45, 2.75) is 12.8 Å². The lowest BCUT2D eigenvalue weighted by molar-refractivity contribution is -0.133. The molecule has 0 bridgehead atoms. The van der Waals surface area contributed by atoms with E-state index in [0.717, 1.165) is 6.08 Å². The quantitative estimate of drug-likeness (QED) is 0.243. The van der Waals surface area contributed by atoms with Gasteiger partial charge in [0.05, 0.1) is 5.57 Å². The Morgan fingerprint density at radius 1 is 1.24 bits per heavy atom. The first-order chi connectivity index (χ1) is 7.99. The van der Waals surface area contributed by atoms with Gasteiger partial charge in [0.15, 0.2) is 0 Å². The summed E-state index contributed by atoms with van der Waals surface area (Å²) in [4.78, 5) is 21.4. The lowest BCUT2D eigenvalue weighted by atomic mass is 10.1. The number of nitrogens with one attached hydrogen (secondary N) is 1. The predicted octanol–water partition coefficient (Wildman–Crippen LogP) is 1.19. The Kier molecular flexibility index (Phi) is 7.38. The minimum Gasteiger partial charge on any atom is -0.478 e. The van der Waals surface area contributed by atoms with Gasteiger partial charge in [-0.3, -0.25) is 0 Å². The summed E-state index contributed by atoms with van der Waals surface area (Å²) in [6, 6.07) is 0. The van der Waals surface area contributed by atoms with Gasteiger partial charge in [-0.2, -0.15) is 0 Å². The number of carboxylic acids is 2. The molecular weight excluding hydrogens is 222 g/mol. The van der Waals surface area contributed by atoms with Crippen molar-refractivity contribution >= 4 is 11.9 Å². The highest BCUT2D eigenvalue weighted by molar-refractivity contribution is 5.94. The van der Waals surface area contributed by atoms with Crippen molar-refractivity contribution in [3.05, 3.63) is 36.5 Å². The summed E-state index contributed by atoms with van der Waals surface area (Å²) in [5.41, 5.74) is -0.167. The van der Waals surface area contributed by atoms with Crippen molar-refractivity contribution in [3.8, 4) is 0 Å². The van der Waals surface area contributed by atoms with Gasteiger partial charge < -0.3 is 15.5 Å². The SMILES string of the molecule is C=CCNCCCC(=CC(=C)C(=O)O)C(=O)O. The van der Waals surface area contributed by atoms with Crippen LogP contribution in [-0.4, -0.2) is 35.2 Å². The molecule has 0 aromatic rings. The van der Waals surface area contributed by atoms with Crippen molar-refractivity contribution in [2.24, 2.45) is 0 Å². The van der Waals surface area contributed by atoms with E-state index in [1.165, 1.54) is 0 Å². The van der Waals surface area contributed by atoms with E-state index in [0.29, 0.717) is 25.9 Å². The van der Waals surface area contributed by atoms with E-state index < -0.39 is 11.9 Å². The number of hydrogen-bond acceptors (Lipinski definition) is 3. The van der Waals surface area contributed by atoms with Crippen molar-refractivity contribution in [1.82, 2.24) is 5.32 Å². The van der Waals surface area contributed by atoms with Crippen LogP contribution in [0.3, 0.4) is 0 Å². The largest absolute Gasteiger partial charge is 0.478 e. The van der Waals surface area contributed by atoms with Crippen LogP contribution in [0.2, 0.25) is 0 Å². The summed E-state index contributed by atoms with van der Waals surface area (Å²) in [5, 5.41) is 20.5. The molecule has 3 N–H and O–H groups in total. The molecule has 5 nitrogen and oxygen atoms in total. The highest BCUT2D eigenvalue weighted by Crippen LogP contribution is 2.08. The molecule has 0 aromatic heterocycles. The van der Waals surface area contributed by atoms with Crippen LogP contribution in [0.25, 0.3) is 0 Å². The minimum atomic E-state index is -1.21. The smallest absolute Gasteiger partial charge is 0.335 e. The van der Waals surface area contributed by atoms with Crippen molar-refractivity contribution in [2.75, 3.05) is 13.1 Å². The van der Waals surface area contributed by atoms with Crippen LogP contribution in [0.15, 0.2) is 36.5 Å². The molecule has 0 aliphatic heterocycles. The third kappa shape index (κ3) is 7.08. The fourth-order valence-corrected chi connectivity index (χ4v) is 1.12. The zero-order chi connectivity index (χ0) is 13.3. The molecule has 0 aliphatic carbocycles. The molecule has 0 spiro atoms. The lowest BCUT2D eigenvalue weighted by Crippen LogP contribution is -2.15. The van der Waals surface area contributed by atoms with Crippen LogP contribution in [0, 0.1) is 0 Å². The van der Waals surface area contributed by atoms with E-state index in [2.05, 4.69) is 18.5 Å². The summed E-state index contributed by atoms with van der Waals surface area (Å²) >= 11 is 0. The molecule has 0 aliphatic rings. The Hall–Kier alpha value is -1.88. The Morgan fingerprint density at radius 2 is 1.88 bits per heavy atom. The molecule has 5 heteroatoms. The molecule has 0 radical (unpaired) electrons. The zero-order valence-electron chi connectivity index (χ0n) is 9.61. The number of carboxylic acid groups (broad SMARTS) is 2. The first kappa shape index (κ1) is 15.1. The normalized spacial score (nSPS) is 10.9. The van der Waals surface area contributed by atoms with Crippen molar-refractivity contribution in [3.63, 3.8) is 0 Å². The van der Waals surface area contributed by atoms with Crippen LogP contribution < -0.4 is 5.32 Å². The predicted molar refractivity (Wildman–Crippen MR) is 64.8 cm³/mol. The van der Waals surface area contributed by atoms with E-state index in [4.69, 9.17) is 10.2 Å². The average Bonchev–Trinajstić information content (AvgIpc) is 2.26. The molecule has 0 heterocycles. The second-order valence-corrected chi connectivity index (χ2v) is 3.40. The van der Waals surface area contributed by atoms with E-state index in [9.17, 15) is 9.59 Å². The van der Waals surface area contributed by atoms with E-state index >= 15 is 0 Å². The van der Waals surface area contributed by atoms with E-state index in [1.54, 1.807) is 6.08 Å². The Morgan fingerprint density at radius 3 is 2.35 bits per heavy atom. The first-order valence-electron chi connectivity index (χ1n) is 5.16. The summed E-state index contributed by atoms with van der Waals surface area (Å²) < 4.78 is 0. The number of carbonyl (C=O) groups is 2. The maximum Gasteiger partial charge on any atom is 0.335 e. The Labute approximate surface area is 100 Å². The van der Waals surface area contributed by atoms with Crippen molar-refractivity contribution in [1.29, 1.82) is 0 Å². The Bertz CT molecular complexity index is 344. The highest BCUT2D eigenvalue weighted by atomic mass is 16.4. The molecule has 94 valence electrons. The van der Waals surface area contributed by atoms with Crippen LogP contribution in [0.4, 0.5) is 0 Å². The third-order valence-corrected chi connectivity index (χ3v) is 1.99. The average molecular weight is 239 g/mol. The van der Waals surface area contributed by atoms with Gasteiger partial charge in [0.1, 0.15) is 0 Å². The van der Waals surface area contributed by atoms with Gasteiger partial charge in [-0.15, -0.1) is 6.58 Å². The molecule has 0 atom stereocenters. The number of hydrogen-bond donors (Lipinski definition) is 3. The highest BCUT2D eigenvalue weighted by Gasteiger charge is 2.09. The van der Waals surface area contributed by atoms with Gasteiger partial charge in [0.2, 0.25) is 0 Å². The summed E-state index contributed by atoms with van der Waals surface area (Å²) in [6.07, 6.45) is 3.71. The van der Waals surface area contributed by atoms with Crippen molar-refractivity contribution < 1.29 is 19.8 Å². The zero-order valence-corrected chi connectivity index (χ0v) is 9.61. The lowest BCUT2D eigenvalue weighted by Gasteiger charge is -2.03. The minimum absolute atomic E-state index is 0.0535. The fraction of sp³-hybridized carbons (Fsp3) is 0.333. The van der Waals surface area contributed by atoms with Gasteiger partial charge in [-0.1, -0.05) is 12.7 Å². The van der Waals surface area contributed by atoms with Gasteiger partial charge >= 0.3 is 11.9 Å². The summed E-state index contributed by atoms with van der Waals surface area (Å²) in [6.45, 7) is 8.11. The van der Waals surface area contributed by atoms with Crippen LogP contribution >= 0.6 is 0 Å². The summed E-state index contributed by atoms with van der Waals surface area (Å²) in [5.74, 6) is -2.33. The van der Waals surface area contributed by atoms with Gasteiger partial charge in [0, 0.05) is 12.1 Å². The molecule has 0 aromatic carbocycles. The Balaban J connectivity index is 4.26. The molecule has 0 amide bonds. The van der Waals surface area contributed by atoms with Gasteiger partial charge in [-0.05, 0) is 25.5 Å². The summed E-state index contributed by atoms with van der Waals surface area (Å²) in [7, 11) is 0. The molecule has 17 heavy (non-hydrogen) atoms. The molecule has 0 saturated heterocycles. The second-order valence-electron chi connectivity index (χ2n) is 3.40. The van der Waals surface area contributed by atoms with Crippen LogP contribution in [0.1, 0.15) is 12.8 Å². The van der Waals surface area contributed by atoms with Gasteiger partial charge in [0.25, 0.3) is 0 Å². The van der Waals surface area contributed by atoms with E-state index in [1.807, 2.05) is 0 Å². The molecule has 0 saturated carbocycles. The van der Waals surface area contributed by atoms with Crippen LogP contribution in [0.5, 0.6) is 0 Å². The standard InChI is InChI=1S/C12H17NO4/c1-3-6-13-7-4-5-10(12(16)17)8-9(2)11(14)15/h3,8,13H,1-2,4-7H2,(H,14,15)(H,16,17). The fourth-order valence-electron chi connectivity index (χ4n) is 1.12. The maximum absolute atomic E-state index is 10.8. The monoisotopic (exact) mass is 239 g/mol. The topological polar surface area (TPSA) is 86.6 Å². The second kappa shape index (κ2) is 8.29. The number of rotatable bonds is 9. The van der Waals surface area contributed by atoms with Crippen LogP contribution in [-0.2, 0) is 9.59 Å². The first-order valence-corrected chi connectivity index (χ1v) is 5.16. The molecular formula is C12H17NO4. The van der Waals surface area contributed by atoms with E-state index in [-0.39, 0.29) is 11.1 Å². The third-order valence-electron chi connectivity index (χ3n) is 1.99. The maximum atomic E-state index is 10.8.